The minimum Gasteiger partial charge on any atom is -0.341 e. The molecule has 0 spiro atoms. The van der Waals surface area contributed by atoms with Crippen molar-refractivity contribution in [1.82, 2.24) is 4.98 Å². The second kappa shape index (κ2) is 6.88. The third kappa shape index (κ3) is 3.81. The van der Waals surface area contributed by atoms with Gasteiger partial charge in [0.1, 0.15) is 5.82 Å². The van der Waals surface area contributed by atoms with E-state index >= 15 is 0 Å². The molecular formula is C17H21N3O. The molecule has 1 N–H and O–H groups in total. The maximum atomic E-state index is 11.4. The van der Waals surface area contributed by atoms with Gasteiger partial charge in [0.2, 0.25) is 5.91 Å². The molecule has 21 heavy (non-hydrogen) atoms. The predicted octanol–water partition coefficient (Wildman–Crippen LogP) is 3.90. The van der Waals surface area contributed by atoms with Gasteiger partial charge in [0.05, 0.1) is 11.9 Å². The number of pyridine rings is 1. The summed E-state index contributed by atoms with van der Waals surface area (Å²) >= 11 is 0. The van der Waals surface area contributed by atoms with Crippen LogP contribution in [0, 0.1) is 6.92 Å². The maximum absolute atomic E-state index is 11.4. The fourth-order valence-electron chi connectivity index (χ4n) is 2.16. The molecule has 1 aromatic heterocycles. The molecular weight excluding hydrogens is 262 g/mol. The summed E-state index contributed by atoms with van der Waals surface area (Å²) in [5.41, 5.74) is 3.38. The van der Waals surface area contributed by atoms with Gasteiger partial charge in [-0.15, -0.1) is 0 Å². The average Bonchev–Trinajstić information content (AvgIpc) is 2.50. The first-order valence-electron chi connectivity index (χ1n) is 7.24. The van der Waals surface area contributed by atoms with Crippen LogP contribution in [-0.4, -0.2) is 17.4 Å². The number of rotatable bonds is 5. The molecule has 4 nitrogen and oxygen atoms in total. The second-order valence-electron chi connectivity index (χ2n) is 4.89. The van der Waals surface area contributed by atoms with Crippen LogP contribution in [0.2, 0.25) is 0 Å². The third-order valence-electron chi connectivity index (χ3n) is 3.28. The van der Waals surface area contributed by atoms with Gasteiger partial charge < -0.3 is 10.2 Å². The van der Waals surface area contributed by atoms with Crippen molar-refractivity contribution in [3.63, 3.8) is 0 Å². The zero-order valence-electron chi connectivity index (χ0n) is 12.8. The Morgan fingerprint density at radius 3 is 2.57 bits per heavy atom. The lowest BCUT2D eigenvalue weighted by Crippen LogP contribution is -2.17. The Labute approximate surface area is 125 Å². The van der Waals surface area contributed by atoms with Crippen LogP contribution >= 0.6 is 0 Å². The van der Waals surface area contributed by atoms with E-state index in [1.807, 2.05) is 19.1 Å². The first-order valence-corrected chi connectivity index (χ1v) is 7.24. The van der Waals surface area contributed by atoms with Gasteiger partial charge in [-0.25, -0.2) is 4.98 Å². The fraction of sp³-hybridized carbons (Fsp3) is 0.294. The first kappa shape index (κ1) is 15.0. The van der Waals surface area contributed by atoms with Gasteiger partial charge in [-0.1, -0.05) is 19.1 Å². The molecule has 0 bridgehead atoms. The van der Waals surface area contributed by atoms with Crippen LogP contribution in [0.1, 0.15) is 25.8 Å². The Kier molecular flexibility index (Phi) is 4.93. The van der Waals surface area contributed by atoms with E-state index in [1.54, 1.807) is 6.20 Å². The molecule has 0 radical (unpaired) electrons. The second-order valence-corrected chi connectivity index (χ2v) is 4.89. The van der Waals surface area contributed by atoms with Crippen LogP contribution in [0.3, 0.4) is 0 Å². The quantitative estimate of drug-likeness (QED) is 0.905. The van der Waals surface area contributed by atoms with Crippen molar-refractivity contribution in [1.29, 1.82) is 0 Å². The lowest BCUT2D eigenvalue weighted by molar-refractivity contribution is -0.115. The topological polar surface area (TPSA) is 45.2 Å². The highest BCUT2D eigenvalue weighted by Crippen LogP contribution is 2.25. The molecule has 4 heteroatoms. The number of aromatic nitrogens is 1. The lowest BCUT2D eigenvalue weighted by atomic mass is 10.2. The van der Waals surface area contributed by atoms with Crippen LogP contribution in [0.4, 0.5) is 17.2 Å². The van der Waals surface area contributed by atoms with Crippen LogP contribution in [0.5, 0.6) is 0 Å². The highest BCUT2D eigenvalue weighted by atomic mass is 16.1. The summed E-state index contributed by atoms with van der Waals surface area (Å²) < 4.78 is 0. The smallest absolute Gasteiger partial charge is 0.225 e. The van der Waals surface area contributed by atoms with Crippen LogP contribution in [-0.2, 0) is 4.79 Å². The summed E-state index contributed by atoms with van der Waals surface area (Å²) in [5.74, 6) is 0.562. The van der Waals surface area contributed by atoms with Gasteiger partial charge in [0.25, 0.3) is 0 Å². The van der Waals surface area contributed by atoms with Crippen molar-refractivity contribution >= 4 is 23.1 Å². The molecule has 0 aliphatic rings. The molecule has 2 rings (SSSR count). The molecule has 0 atom stereocenters. The standard InChI is InChI=1S/C17H21N3O/c1-4-17(21)19-16-10-9-15(12-18-16)20(5-2)14-8-6-7-13(3)11-14/h6-12H,4-5H2,1-3H3,(H,18,19,21). The van der Waals surface area contributed by atoms with Gasteiger partial charge in [-0.2, -0.15) is 0 Å². The molecule has 0 aliphatic heterocycles. The molecule has 0 unspecified atom stereocenters. The van der Waals surface area contributed by atoms with E-state index in [1.165, 1.54) is 5.56 Å². The normalized spacial score (nSPS) is 10.2. The minimum atomic E-state index is -0.0266. The fourth-order valence-corrected chi connectivity index (χ4v) is 2.16. The van der Waals surface area contributed by atoms with Gasteiger partial charge >= 0.3 is 0 Å². The third-order valence-corrected chi connectivity index (χ3v) is 3.28. The van der Waals surface area contributed by atoms with E-state index in [2.05, 4.69) is 53.3 Å². The molecule has 0 aliphatic carbocycles. The molecule has 1 aromatic carbocycles. The van der Waals surface area contributed by atoms with Crippen LogP contribution < -0.4 is 10.2 Å². The Hall–Kier alpha value is -2.36. The summed E-state index contributed by atoms with van der Waals surface area (Å²) in [7, 11) is 0. The van der Waals surface area contributed by atoms with Crippen molar-refractivity contribution in [3.05, 3.63) is 48.2 Å². The number of hydrogen-bond acceptors (Lipinski definition) is 3. The monoisotopic (exact) mass is 283 g/mol. The number of nitrogens with one attached hydrogen (secondary N) is 1. The molecule has 2 aromatic rings. The number of carbonyl (C=O) groups excluding carboxylic acids is 1. The van der Waals surface area contributed by atoms with E-state index in [0.717, 1.165) is 17.9 Å². The molecule has 1 amide bonds. The number of nitrogens with zero attached hydrogens (tertiary/aromatic N) is 2. The number of carbonyl (C=O) groups is 1. The maximum Gasteiger partial charge on any atom is 0.225 e. The number of hydrogen-bond donors (Lipinski definition) is 1. The Balaban J connectivity index is 2.21. The zero-order chi connectivity index (χ0) is 15.2. The number of benzene rings is 1. The zero-order valence-corrected chi connectivity index (χ0v) is 12.8. The first-order chi connectivity index (χ1) is 10.1. The minimum absolute atomic E-state index is 0.0266. The van der Waals surface area contributed by atoms with Crippen LogP contribution in [0.15, 0.2) is 42.6 Å². The Bertz CT molecular complexity index is 608. The predicted molar refractivity (Wildman–Crippen MR) is 87.0 cm³/mol. The van der Waals surface area contributed by atoms with E-state index in [-0.39, 0.29) is 5.91 Å². The molecule has 0 saturated carbocycles. The van der Waals surface area contributed by atoms with Crippen molar-refractivity contribution in [2.24, 2.45) is 0 Å². The highest BCUT2D eigenvalue weighted by Gasteiger charge is 2.08. The van der Waals surface area contributed by atoms with Crippen molar-refractivity contribution in [2.75, 3.05) is 16.8 Å². The average molecular weight is 283 g/mol. The van der Waals surface area contributed by atoms with Crippen molar-refractivity contribution in [2.45, 2.75) is 27.2 Å². The summed E-state index contributed by atoms with van der Waals surface area (Å²) in [6.07, 6.45) is 2.24. The summed E-state index contributed by atoms with van der Waals surface area (Å²) in [4.78, 5) is 17.8. The highest BCUT2D eigenvalue weighted by molar-refractivity contribution is 5.89. The summed E-state index contributed by atoms with van der Waals surface area (Å²) in [5, 5.41) is 2.76. The Morgan fingerprint density at radius 1 is 1.19 bits per heavy atom. The number of amides is 1. The van der Waals surface area contributed by atoms with Gasteiger partial charge in [0, 0.05) is 18.7 Å². The largest absolute Gasteiger partial charge is 0.341 e. The molecule has 1 heterocycles. The molecule has 0 fully saturated rings. The van der Waals surface area contributed by atoms with Gasteiger partial charge in [-0.3, -0.25) is 4.79 Å². The van der Waals surface area contributed by atoms with Crippen molar-refractivity contribution < 1.29 is 4.79 Å². The van der Waals surface area contributed by atoms with E-state index < -0.39 is 0 Å². The van der Waals surface area contributed by atoms with Crippen molar-refractivity contribution in [3.8, 4) is 0 Å². The molecule has 0 saturated heterocycles. The van der Waals surface area contributed by atoms with E-state index in [9.17, 15) is 4.79 Å². The Morgan fingerprint density at radius 2 is 2.00 bits per heavy atom. The van der Waals surface area contributed by atoms with Gasteiger partial charge in [-0.05, 0) is 43.7 Å². The summed E-state index contributed by atoms with van der Waals surface area (Å²) in [6, 6.07) is 12.2. The summed E-state index contributed by atoms with van der Waals surface area (Å²) in [6.45, 7) is 6.86. The number of anilines is 3. The SMILES string of the molecule is CCC(=O)Nc1ccc(N(CC)c2cccc(C)c2)cn1. The van der Waals surface area contributed by atoms with Gasteiger partial charge in [0.15, 0.2) is 0 Å². The van der Waals surface area contributed by atoms with E-state index in [4.69, 9.17) is 0 Å². The molecule has 110 valence electrons. The number of aryl methyl sites for hydroxylation is 1. The van der Waals surface area contributed by atoms with E-state index in [0.29, 0.717) is 12.2 Å². The lowest BCUT2D eigenvalue weighted by Gasteiger charge is -2.23. The van der Waals surface area contributed by atoms with Crippen LogP contribution in [0.25, 0.3) is 0 Å².